The van der Waals surface area contributed by atoms with E-state index in [0.717, 1.165) is 25.9 Å². The number of hydrogen-bond donors (Lipinski definition) is 1. The van der Waals surface area contributed by atoms with Crippen molar-refractivity contribution in [2.75, 3.05) is 24.5 Å². The van der Waals surface area contributed by atoms with Crippen LogP contribution >= 0.6 is 0 Å². The minimum absolute atomic E-state index is 0.232. The lowest BCUT2D eigenvalue weighted by Crippen LogP contribution is -2.47. The molecule has 4 nitrogen and oxygen atoms in total. The van der Waals surface area contributed by atoms with Gasteiger partial charge in [0.2, 0.25) is 5.91 Å². The Hall–Kier alpha value is -1.53. The number of halogens is 2. The van der Waals surface area contributed by atoms with Gasteiger partial charge in [0.15, 0.2) is 0 Å². The average molecular weight is 324 g/mol. The van der Waals surface area contributed by atoms with Crippen LogP contribution < -0.4 is 4.90 Å². The first-order chi connectivity index (χ1) is 11.0. The molecule has 1 amide bonds. The van der Waals surface area contributed by atoms with Crippen LogP contribution in [0.15, 0.2) is 18.2 Å². The first kappa shape index (κ1) is 16.3. The summed E-state index contributed by atoms with van der Waals surface area (Å²) in [5.41, 5.74) is -0.237. The number of likely N-dealkylation sites (tertiary alicyclic amines) is 1. The molecule has 1 aromatic rings. The number of hydrogen-bond acceptors (Lipinski definition) is 3. The maximum atomic E-state index is 13.9. The Labute approximate surface area is 134 Å². The van der Waals surface area contributed by atoms with E-state index in [1.807, 2.05) is 0 Å². The third-order valence-electron chi connectivity index (χ3n) is 5.08. The number of piperidine rings is 1. The summed E-state index contributed by atoms with van der Waals surface area (Å²) in [6, 6.07) is 3.33. The van der Waals surface area contributed by atoms with Crippen molar-refractivity contribution in [3.63, 3.8) is 0 Å². The fourth-order valence-corrected chi connectivity index (χ4v) is 3.69. The molecule has 1 aromatic carbocycles. The van der Waals surface area contributed by atoms with E-state index in [4.69, 9.17) is 0 Å². The molecule has 0 saturated carbocycles. The monoisotopic (exact) mass is 324 g/mol. The van der Waals surface area contributed by atoms with Gasteiger partial charge in [-0.1, -0.05) is 6.07 Å². The van der Waals surface area contributed by atoms with Crippen molar-refractivity contribution in [2.45, 2.75) is 38.3 Å². The first-order valence-electron chi connectivity index (χ1n) is 8.16. The molecule has 0 radical (unpaired) electrons. The molecule has 2 aliphatic rings. The second kappa shape index (κ2) is 6.53. The summed E-state index contributed by atoms with van der Waals surface area (Å²) in [5.74, 6) is -1.37. The number of rotatable bonds is 3. The third kappa shape index (κ3) is 3.10. The van der Waals surface area contributed by atoms with E-state index in [2.05, 4.69) is 4.90 Å². The summed E-state index contributed by atoms with van der Waals surface area (Å²) >= 11 is 0. The van der Waals surface area contributed by atoms with Crippen LogP contribution in [0.25, 0.3) is 0 Å². The molecule has 1 N–H and O–H groups in total. The number of carbonyl (C=O) groups is 1. The first-order valence-corrected chi connectivity index (χ1v) is 8.16. The van der Waals surface area contributed by atoms with Crippen molar-refractivity contribution in [3.8, 4) is 0 Å². The highest BCUT2D eigenvalue weighted by Crippen LogP contribution is 2.31. The number of para-hydroxylation sites is 1. The molecule has 6 heteroatoms. The van der Waals surface area contributed by atoms with E-state index >= 15 is 0 Å². The smallest absolute Gasteiger partial charge is 0.244 e. The molecule has 2 fully saturated rings. The summed E-state index contributed by atoms with van der Waals surface area (Å²) in [4.78, 5) is 15.9. The molecule has 3 rings (SSSR count). The standard InChI is InChI=1S/C17H22F2N2O2/c1-11(22)12-5-8-20(9-6-12)15-7-10-21(17(15)23)16-13(18)3-2-4-14(16)19/h2-4,11-12,15,22H,5-10H2,1H3. The molecule has 2 heterocycles. The Bertz CT molecular complexity index is 566. The van der Waals surface area contributed by atoms with Gasteiger partial charge in [-0.3, -0.25) is 9.69 Å². The molecule has 0 spiro atoms. The topological polar surface area (TPSA) is 43.8 Å². The Kier molecular flexibility index (Phi) is 4.64. The second-order valence-electron chi connectivity index (χ2n) is 6.48. The van der Waals surface area contributed by atoms with Crippen molar-refractivity contribution in [3.05, 3.63) is 29.8 Å². The zero-order valence-corrected chi connectivity index (χ0v) is 13.2. The van der Waals surface area contributed by atoms with E-state index in [1.165, 1.54) is 23.1 Å². The summed E-state index contributed by atoms with van der Waals surface area (Å²) in [6.07, 6.45) is 1.93. The van der Waals surface area contributed by atoms with Crippen molar-refractivity contribution >= 4 is 11.6 Å². The molecule has 0 aromatic heterocycles. The Morgan fingerprint density at radius 1 is 1.13 bits per heavy atom. The molecule has 2 unspecified atom stereocenters. The highest BCUT2D eigenvalue weighted by atomic mass is 19.1. The van der Waals surface area contributed by atoms with E-state index in [-0.39, 0.29) is 29.7 Å². The predicted octanol–water partition coefficient (Wildman–Crippen LogP) is 2.16. The van der Waals surface area contributed by atoms with Gasteiger partial charge in [-0.2, -0.15) is 0 Å². The number of amides is 1. The molecular weight excluding hydrogens is 302 g/mol. The van der Waals surface area contributed by atoms with Crippen LogP contribution in [0.2, 0.25) is 0 Å². The van der Waals surface area contributed by atoms with Gasteiger partial charge in [0.25, 0.3) is 0 Å². The van der Waals surface area contributed by atoms with Gasteiger partial charge in [-0.05, 0) is 57.3 Å². The Balaban J connectivity index is 1.70. The minimum Gasteiger partial charge on any atom is -0.393 e. The summed E-state index contributed by atoms with van der Waals surface area (Å²) in [6.45, 7) is 3.60. The largest absolute Gasteiger partial charge is 0.393 e. The molecule has 2 saturated heterocycles. The lowest BCUT2D eigenvalue weighted by atomic mass is 9.91. The fraction of sp³-hybridized carbons (Fsp3) is 0.588. The second-order valence-corrected chi connectivity index (χ2v) is 6.48. The average Bonchev–Trinajstić information content (AvgIpc) is 2.89. The summed E-state index contributed by atoms with van der Waals surface area (Å²) in [5, 5.41) is 9.66. The van der Waals surface area contributed by atoms with Crippen molar-refractivity contribution in [1.29, 1.82) is 0 Å². The van der Waals surface area contributed by atoms with Crippen molar-refractivity contribution in [2.24, 2.45) is 5.92 Å². The summed E-state index contributed by atoms with van der Waals surface area (Å²) in [7, 11) is 0. The predicted molar refractivity (Wildman–Crippen MR) is 83.1 cm³/mol. The van der Waals surface area contributed by atoms with Crippen molar-refractivity contribution < 1.29 is 18.7 Å². The molecule has 126 valence electrons. The molecule has 2 atom stereocenters. The van der Waals surface area contributed by atoms with Crippen LogP contribution in [0.3, 0.4) is 0 Å². The number of benzene rings is 1. The molecule has 23 heavy (non-hydrogen) atoms. The SMILES string of the molecule is CC(O)C1CCN(C2CCN(c3c(F)cccc3F)C2=O)CC1. The van der Waals surface area contributed by atoms with Gasteiger partial charge < -0.3 is 10.0 Å². The van der Waals surface area contributed by atoms with E-state index in [0.29, 0.717) is 13.0 Å². The van der Waals surface area contributed by atoms with E-state index in [1.54, 1.807) is 6.92 Å². The number of carbonyl (C=O) groups excluding carboxylic acids is 1. The third-order valence-corrected chi connectivity index (χ3v) is 5.08. The van der Waals surface area contributed by atoms with Crippen LogP contribution in [0.1, 0.15) is 26.2 Å². The summed E-state index contributed by atoms with van der Waals surface area (Å²) < 4.78 is 27.8. The number of aliphatic hydroxyl groups is 1. The lowest BCUT2D eigenvalue weighted by Gasteiger charge is -2.36. The van der Waals surface area contributed by atoms with Gasteiger partial charge in [-0.15, -0.1) is 0 Å². The van der Waals surface area contributed by atoms with Gasteiger partial charge in [0.1, 0.15) is 17.3 Å². The van der Waals surface area contributed by atoms with Gasteiger partial charge in [-0.25, -0.2) is 8.78 Å². The van der Waals surface area contributed by atoms with Crippen LogP contribution in [0.5, 0.6) is 0 Å². The van der Waals surface area contributed by atoms with Crippen LogP contribution in [-0.4, -0.2) is 47.7 Å². The molecule has 0 bridgehead atoms. The molecular formula is C17H22F2N2O2. The van der Waals surface area contributed by atoms with Crippen LogP contribution in [-0.2, 0) is 4.79 Å². The number of aliphatic hydroxyl groups excluding tert-OH is 1. The quantitative estimate of drug-likeness (QED) is 0.927. The molecule has 0 aliphatic carbocycles. The van der Waals surface area contributed by atoms with E-state index < -0.39 is 11.6 Å². The van der Waals surface area contributed by atoms with Gasteiger partial charge in [0, 0.05) is 6.54 Å². The Morgan fingerprint density at radius 3 is 2.30 bits per heavy atom. The lowest BCUT2D eigenvalue weighted by molar-refractivity contribution is -0.122. The normalized spacial score (nSPS) is 25.1. The maximum Gasteiger partial charge on any atom is 0.244 e. The van der Waals surface area contributed by atoms with Gasteiger partial charge in [0.05, 0.1) is 12.1 Å². The zero-order valence-electron chi connectivity index (χ0n) is 13.2. The fourth-order valence-electron chi connectivity index (χ4n) is 3.69. The van der Waals surface area contributed by atoms with Crippen molar-refractivity contribution in [1.82, 2.24) is 4.90 Å². The zero-order chi connectivity index (χ0) is 16.6. The van der Waals surface area contributed by atoms with Crippen LogP contribution in [0.4, 0.5) is 14.5 Å². The minimum atomic E-state index is -0.702. The Morgan fingerprint density at radius 2 is 1.74 bits per heavy atom. The maximum absolute atomic E-state index is 13.9. The van der Waals surface area contributed by atoms with E-state index in [9.17, 15) is 18.7 Å². The highest BCUT2D eigenvalue weighted by molar-refractivity contribution is 5.99. The highest BCUT2D eigenvalue weighted by Gasteiger charge is 2.40. The number of nitrogens with zero attached hydrogens (tertiary/aromatic N) is 2. The number of anilines is 1. The molecule has 2 aliphatic heterocycles. The van der Waals surface area contributed by atoms with Gasteiger partial charge >= 0.3 is 0 Å². The van der Waals surface area contributed by atoms with Crippen LogP contribution in [0, 0.1) is 17.6 Å².